The molecule has 1 N–H and O–H groups in total. The fourth-order valence-electron chi connectivity index (χ4n) is 4.85. The van der Waals surface area contributed by atoms with Gasteiger partial charge in [-0.1, -0.05) is 95.7 Å². The van der Waals surface area contributed by atoms with Gasteiger partial charge in [0.2, 0.25) is 0 Å². The summed E-state index contributed by atoms with van der Waals surface area (Å²) in [6, 6.07) is 14.2. The summed E-state index contributed by atoms with van der Waals surface area (Å²) in [6.07, 6.45) is 14.6. The number of aromatic carboxylic acids is 1. The number of carboxylic acid groups (broad SMARTS) is 1. The topological polar surface area (TPSA) is 40.5 Å². The van der Waals surface area contributed by atoms with Gasteiger partial charge in [-0.2, -0.15) is 0 Å². The first kappa shape index (κ1) is 25.1. The summed E-state index contributed by atoms with van der Waals surface area (Å²) >= 11 is 0. The van der Waals surface area contributed by atoms with Crippen LogP contribution in [0.1, 0.15) is 105 Å². The van der Waals surface area contributed by atoms with Gasteiger partial charge >= 0.3 is 5.97 Å². The zero-order valence-electron chi connectivity index (χ0n) is 20.9. The molecule has 0 spiro atoms. The van der Waals surface area contributed by atoms with Gasteiger partial charge in [0.25, 0.3) is 0 Å². The Morgan fingerprint density at radius 1 is 1.06 bits per heavy atom. The number of anilines is 1. The highest BCUT2D eigenvalue weighted by atomic mass is 16.4. The molecule has 0 aliphatic carbocycles. The number of benzene rings is 2. The van der Waals surface area contributed by atoms with Crippen molar-refractivity contribution in [1.82, 2.24) is 0 Å². The molecule has 0 aromatic heterocycles. The van der Waals surface area contributed by atoms with Crippen molar-refractivity contribution in [3.05, 3.63) is 70.8 Å². The Kier molecular flexibility index (Phi) is 8.77. The molecule has 1 aliphatic heterocycles. The summed E-state index contributed by atoms with van der Waals surface area (Å²) in [4.78, 5) is 13.5. The Bertz CT molecular complexity index is 942. The molecule has 3 rings (SSSR count). The molecular formula is C30H41NO2. The largest absolute Gasteiger partial charge is 0.478 e. The highest BCUT2D eigenvalue weighted by Crippen LogP contribution is 2.41. The second-order valence-corrected chi connectivity index (χ2v) is 10.3. The molecule has 0 fully saturated rings. The van der Waals surface area contributed by atoms with Crippen LogP contribution in [0.2, 0.25) is 0 Å². The minimum Gasteiger partial charge on any atom is -0.478 e. The van der Waals surface area contributed by atoms with Crippen LogP contribution >= 0.6 is 0 Å². The van der Waals surface area contributed by atoms with Crippen molar-refractivity contribution in [3.8, 4) is 0 Å². The van der Waals surface area contributed by atoms with Crippen molar-refractivity contribution in [1.29, 1.82) is 0 Å². The first-order valence-electron chi connectivity index (χ1n) is 12.7. The predicted molar refractivity (Wildman–Crippen MR) is 141 cm³/mol. The lowest BCUT2D eigenvalue weighted by Crippen LogP contribution is -2.34. The highest BCUT2D eigenvalue weighted by molar-refractivity contribution is 5.87. The molecule has 178 valence electrons. The first-order chi connectivity index (χ1) is 15.8. The van der Waals surface area contributed by atoms with Crippen LogP contribution in [0.15, 0.2) is 48.5 Å². The molecule has 1 atom stereocenters. The number of carboxylic acids is 1. The van der Waals surface area contributed by atoms with Crippen LogP contribution in [0.4, 0.5) is 5.69 Å². The Hall–Kier alpha value is -2.55. The summed E-state index contributed by atoms with van der Waals surface area (Å²) < 4.78 is 0. The Balaban J connectivity index is 1.80. The van der Waals surface area contributed by atoms with E-state index in [4.69, 9.17) is 5.11 Å². The summed E-state index contributed by atoms with van der Waals surface area (Å²) in [5, 5.41) is 9.15. The van der Waals surface area contributed by atoms with Crippen molar-refractivity contribution in [2.75, 3.05) is 18.5 Å². The molecule has 1 heterocycles. The molecule has 33 heavy (non-hydrogen) atoms. The van der Waals surface area contributed by atoms with Gasteiger partial charge in [-0.15, -0.1) is 0 Å². The van der Waals surface area contributed by atoms with E-state index in [0.29, 0.717) is 11.5 Å². The van der Waals surface area contributed by atoms with Crippen molar-refractivity contribution >= 4 is 17.7 Å². The van der Waals surface area contributed by atoms with Crippen LogP contribution in [0, 0.1) is 0 Å². The average molecular weight is 448 g/mol. The number of rotatable bonds is 11. The van der Waals surface area contributed by atoms with Gasteiger partial charge in [-0.05, 0) is 53.1 Å². The van der Waals surface area contributed by atoms with Gasteiger partial charge in [0.05, 0.1) is 5.56 Å². The molecule has 0 amide bonds. The second kappa shape index (κ2) is 11.5. The van der Waals surface area contributed by atoms with Crippen LogP contribution < -0.4 is 4.90 Å². The van der Waals surface area contributed by atoms with Crippen molar-refractivity contribution < 1.29 is 9.90 Å². The number of unbranched alkanes of at least 4 members (excludes halogenated alkanes) is 5. The minimum absolute atomic E-state index is 0.219. The third-order valence-corrected chi connectivity index (χ3v) is 7.21. The highest BCUT2D eigenvalue weighted by Gasteiger charge is 2.30. The van der Waals surface area contributed by atoms with Crippen LogP contribution in [0.25, 0.3) is 6.08 Å². The fraction of sp³-hybridized carbons (Fsp3) is 0.500. The maximum absolute atomic E-state index is 11.1. The maximum atomic E-state index is 11.1. The molecule has 3 nitrogen and oxygen atoms in total. The summed E-state index contributed by atoms with van der Waals surface area (Å²) in [5.74, 6) is -0.522. The predicted octanol–water partition coefficient (Wildman–Crippen LogP) is 8.05. The monoisotopic (exact) mass is 447 g/mol. The Morgan fingerprint density at radius 2 is 1.76 bits per heavy atom. The van der Waals surface area contributed by atoms with Crippen molar-refractivity contribution in [2.24, 2.45) is 0 Å². The molecule has 2 aromatic carbocycles. The summed E-state index contributed by atoms with van der Waals surface area (Å²) in [7, 11) is 2.21. The lowest BCUT2D eigenvalue weighted by Gasteiger charge is -2.39. The number of nitrogens with zero attached hydrogens (tertiary/aromatic N) is 1. The molecule has 1 unspecified atom stereocenters. The first-order valence-corrected chi connectivity index (χ1v) is 12.7. The maximum Gasteiger partial charge on any atom is 0.335 e. The van der Waals surface area contributed by atoms with E-state index in [1.165, 1.54) is 61.8 Å². The molecule has 2 aromatic rings. The third-order valence-electron chi connectivity index (χ3n) is 7.21. The third kappa shape index (κ3) is 6.72. The Morgan fingerprint density at radius 3 is 2.45 bits per heavy atom. The van der Waals surface area contributed by atoms with Gasteiger partial charge < -0.3 is 10.0 Å². The Labute approximate surface area is 200 Å². The van der Waals surface area contributed by atoms with Gasteiger partial charge in [-0.25, -0.2) is 4.79 Å². The zero-order chi connectivity index (χ0) is 23.8. The van der Waals surface area contributed by atoms with E-state index in [1.54, 1.807) is 12.1 Å². The molecule has 0 saturated heterocycles. The smallest absolute Gasteiger partial charge is 0.335 e. The van der Waals surface area contributed by atoms with E-state index >= 15 is 0 Å². The lowest BCUT2D eigenvalue weighted by molar-refractivity contribution is 0.0697. The minimum atomic E-state index is -0.882. The molecule has 1 aliphatic rings. The SMILES string of the molecule is CCCCCCCCC(C=Cc1ccc(C(=O)O)cc1)c1ccc2c(c1)N(C)CCC2(C)C. The number of allylic oxidation sites excluding steroid dienone is 1. The van der Waals surface area contributed by atoms with Crippen LogP contribution in [-0.2, 0) is 5.41 Å². The number of carbonyl (C=O) groups is 1. The molecule has 0 bridgehead atoms. The molecule has 0 radical (unpaired) electrons. The van der Waals surface area contributed by atoms with Crippen LogP contribution in [0.5, 0.6) is 0 Å². The van der Waals surface area contributed by atoms with Gasteiger partial charge in [0, 0.05) is 25.2 Å². The quantitative estimate of drug-likeness (QED) is 0.354. The molecular weight excluding hydrogens is 406 g/mol. The van der Waals surface area contributed by atoms with Crippen molar-refractivity contribution in [3.63, 3.8) is 0 Å². The van der Waals surface area contributed by atoms with E-state index in [-0.39, 0.29) is 5.41 Å². The zero-order valence-corrected chi connectivity index (χ0v) is 20.9. The van der Waals surface area contributed by atoms with E-state index < -0.39 is 5.97 Å². The summed E-state index contributed by atoms with van der Waals surface area (Å²) in [6.45, 7) is 8.06. The molecule has 3 heteroatoms. The van der Waals surface area contributed by atoms with E-state index in [0.717, 1.165) is 18.5 Å². The van der Waals surface area contributed by atoms with Crippen LogP contribution in [-0.4, -0.2) is 24.7 Å². The van der Waals surface area contributed by atoms with E-state index in [2.05, 4.69) is 63.1 Å². The number of hydrogen-bond acceptors (Lipinski definition) is 2. The second-order valence-electron chi connectivity index (χ2n) is 10.3. The standard InChI is InChI=1S/C30H41NO2/c1-5-6-7-8-9-10-11-24(15-12-23-13-16-25(17-14-23)29(32)33)26-18-19-27-28(22-26)31(4)21-20-30(27,2)3/h12-19,22,24H,5-11,20-21H2,1-4H3,(H,32,33). The van der Waals surface area contributed by atoms with Crippen molar-refractivity contribution in [2.45, 2.75) is 83.5 Å². The van der Waals surface area contributed by atoms with E-state index in [9.17, 15) is 4.79 Å². The normalized spacial score (nSPS) is 16.1. The van der Waals surface area contributed by atoms with Gasteiger partial charge in [-0.3, -0.25) is 0 Å². The van der Waals surface area contributed by atoms with Gasteiger partial charge in [0.1, 0.15) is 0 Å². The van der Waals surface area contributed by atoms with Crippen LogP contribution in [0.3, 0.4) is 0 Å². The number of fused-ring (bicyclic) bond motifs is 1. The average Bonchev–Trinajstić information content (AvgIpc) is 2.81. The summed E-state index contributed by atoms with van der Waals surface area (Å²) in [5.41, 5.74) is 5.80. The number of hydrogen-bond donors (Lipinski definition) is 1. The fourth-order valence-corrected chi connectivity index (χ4v) is 4.85. The van der Waals surface area contributed by atoms with E-state index in [1.807, 2.05) is 12.1 Å². The molecule has 0 saturated carbocycles. The van der Waals surface area contributed by atoms with Gasteiger partial charge in [0.15, 0.2) is 0 Å². The lowest BCUT2D eigenvalue weighted by atomic mass is 9.76.